The fourth-order valence-electron chi connectivity index (χ4n) is 1.89. The van der Waals surface area contributed by atoms with E-state index in [-0.39, 0.29) is 23.9 Å². The Kier molecular flexibility index (Phi) is 4.59. The van der Waals surface area contributed by atoms with Crippen molar-refractivity contribution in [2.45, 2.75) is 47.0 Å². The summed E-state index contributed by atoms with van der Waals surface area (Å²) in [7, 11) is 0. The van der Waals surface area contributed by atoms with Gasteiger partial charge in [-0.05, 0) is 23.7 Å². The van der Waals surface area contributed by atoms with Gasteiger partial charge in [0, 0.05) is 13.0 Å². The maximum Gasteiger partial charge on any atom is 0.303 e. The van der Waals surface area contributed by atoms with Gasteiger partial charge in [0.1, 0.15) is 0 Å². The second-order valence-electron chi connectivity index (χ2n) is 5.56. The molecule has 0 amide bonds. The Morgan fingerprint density at radius 3 is 2.00 bits per heavy atom. The van der Waals surface area contributed by atoms with Crippen molar-refractivity contribution < 1.29 is 15.0 Å². The molecular formula is C11H22O3. The van der Waals surface area contributed by atoms with E-state index in [0.717, 1.165) is 6.42 Å². The standard InChI is InChI=1S/C11H22O3/c1-10(2,6-5-9(13)14)7-11(3,4)8-12/h12H,5-8H2,1-4H3,(H,13,14). The number of aliphatic hydroxyl groups is 1. The van der Waals surface area contributed by atoms with E-state index < -0.39 is 5.97 Å². The van der Waals surface area contributed by atoms with Gasteiger partial charge >= 0.3 is 5.97 Å². The molecule has 3 heteroatoms. The summed E-state index contributed by atoms with van der Waals surface area (Å²) in [6.07, 6.45) is 1.70. The number of hydrogen-bond acceptors (Lipinski definition) is 2. The summed E-state index contributed by atoms with van der Waals surface area (Å²) in [5, 5.41) is 17.7. The van der Waals surface area contributed by atoms with Crippen molar-refractivity contribution in [3.05, 3.63) is 0 Å². The molecule has 0 heterocycles. The minimum Gasteiger partial charge on any atom is -0.481 e. The minimum atomic E-state index is -0.750. The molecule has 0 aromatic heterocycles. The summed E-state index contributed by atoms with van der Waals surface area (Å²) in [6.45, 7) is 8.23. The number of carbonyl (C=O) groups is 1. The van der Waals surface area contributed by atoms with E-state index in [9.17, 15) is 4.79 Å². The van der Waals surface area contributed by atoms with Gasteiger partial charge in [0.15, 0.2) is 0 Å². The summed E-state index contributed by atoms with van der Waals surface area (Å²) < 4.78 is 0. The van der Waals surface area contributed by atoms with Crippen LogP contribution in [0.4, 0.5) is 0 Å². The monoisotopic (exact) mass is 202 g/mol. The van der Waals surface area contributed by atoms with Gasteiger partial charge in [0.25, 0.3) is 0 Å². The first-order valence-corrected chi connectivity index (χ1v) is 5.01. The molecular weight excluding hydrogens is 180 g/mol. The zero-order valence-electron chi connectivity index (χ0n) is 9.63. The normalized spacial score (nSPS) is 12.9. The van der Waals surface area contributed by atoms with Crippen LogP contribution in [0.2, 0.25) is 0 Å². The Bertz CT molecular complexity index is 195. The van der Waals surface area contributed by atoms with E-state index in [1.807, 2.05) is 27.7 Å². The molecule has 0 aromatic rings. The highest BCUT2D eigenvalue weighted by Crippen LogP contribution is 2.36. The molecule has 0 atom stereocenters. The topological polar surface area (TPSA) is 57.5 Å². The van der Waals surface area contributed by atoms with Crippen molar-refractivity contribution in [3.8, 4) is 0 Å². The minimum absolute atomic E-state index is 0.0232. The third kappa shape index (κ3) is 5.97. The first-order chi connectivity index (χ1) is 6.18. The maximum atomic E-state index is 10.4. The molecule has 2 N–H and O–H groups in total. The molecule has 0 fully saturated rings. The first kappa shape index (κ1) is 13.4. The van der Waals surface area contributed by atoms with Crippen molar-refractivity contribution in [3.63, 3.8) is 0 Å². The predicted molar refractivity (Wildman–Crippen MR) is 56.1 cm³/mol. The maximum absolute atomic E-state index is 10.4. The van der Waals surface area contributed by atoms with E-state index in [2.05, 4.69) is 0 Å². The molecule has 3 nitrogen and oxygen atoms in total. The highest BCUT2D eigenvalue weighted by Gasteiger charge is 2.28. The average Bonchev–Trinajstić information content (AvgIpc) is 1.99. The zero-order valence-corrected chi connectivity index (χ0v) is 9.63. The zero-order chi connectivity index (χ0) is 11.4. The summed E-state index contributed by atoms with van der Waals surface area (Å²) >= 11 is 0. The van der Waals surface area contributed by atoms with E-state index in [1.165, 1.54) is 0 Å². The molecule has 0 aromatic carbocycles. The number of carboxylic acid groups (broad SMARTS) is 1. The molecule has 0 saturated heterocycles. The van der Waals surface area contributed by atoms with E-state index >= 15 is 0 Å². The van der Waals surface area contributed by atoms with Crippen molar-refractivity contribution >= 4 is 5.97 Å². The van der Waals surface area contributed by atoms with E-state index in [1.54, 1.807) is 0 Å². The highest BCUT2D eigenvalue weighted by molar-refractivity contribution is 5.66. The molecule has 84 valence electrons. The molecule has 14 heavy (non-hydrogen) atoms. The highest BCUT2D eigenvalue weighted by atomic mass is 16.4. The van der Waals surface area contributed by atoms with Crippen LogP contribution >= 0.6 is 0 Å². The average molecular weight is 202 g/mol. The van der Waals surface area contributed by atoms with Crippen molar-refractivity contribution in [2.24, 2.45) is 10.8 Å². The summed E-state index contributed by atoms with van der Waals surface area (Å²) in [5.41, 5.74) is -0.146. The Balaban J connectivity index is 4.12. The number of aliphatic carboxylic acids is 1. The van der Waals surface area contributed by atoms with Crippen LogP contribution in [0.5, 0.6) is 0 Å². The van der Waals surface area contributed by atoms with Crippen LogP contribution in [0.1, 0.15) is 47.0 Å². The van der Waals surface area contributed by atoms with Crippen molar-refractivity contribution in [2.75, 3.05) is 6.61 Å². The van der Waals surface area contributed by atoms with Gasteiger partial charge in [-0.3, -0.25) is 4.79 Å². The molecule has 0 aliphatic carbocycles. The van der Waals surface area contributed by atoms with Crippen molar-refractivity contribution in [1.29, 1.82) is 0 Å². The smallest absolute Gasteiger partial charge is 0.303 e. The summed E-state index contributed by atoms with van der Waals surface area (Å²) in [5.74, 6) is -0.750. The molecule has 0 spiro atoms. The van der Waals surface area contributed by atoms with Crippen molar-refractivity contribution in [1.82, 2.24) is 0 Å². The predicted octanol–water partition coefficient (Wildman–Crippen LogP) is 2.29. The second kappa shape index (κ2) is 4.78. The Morgan fingerprint density at radius 1 is 1.14 bits per heavy atom. The quantitative estimate of drug-likeness (QED) is 0.694. The molecule has 0 saturated carbocycles. The fraction of sp³-hybridized carbons (Fsp3) is 0.909. The van der Waals surface area contributed by atoms with Crippen LogP contribution in [-0.4, -0.2) is 22.8 Å². The number of carboxylic acids is 1. The van der Waals surface area contributed by atoms with Crippen LogP contribution in [0.3, 0.4) is 0 Å². The lowest BCUT2D eigenvalue weighted by Crippen LogP contribution is -2.26. The van der Waals surface area contributed by atoms with E-state index in [4.69, 9.17) is 10.2 Å². The molecule has 0 aliphatic rings. The van der Waals surface area contributed by atoms with E-state index in [0.29, 0.717) is 6.42 Å². The van der Waals surface area contributed by atoms with Gasteiger partial charge in [-0.15, -0.1) is 0 Å². The SMILES string of the molecule is CC(C)(CO)CC(C)(C)CCC(=O)O. The van der Waals surface area contributed by atoms with Crippen LogP contribution in [-0.2, 0) is 4.79 Å². The summed E-state index contributed by atoms with van der Waals surface area (Å²) in [4.78, 5) is 10.4. The van der Waals surface area contributed by atoms with Crippen LogP contribution in [0.15, 0.2) is 0 Å². The largest absolute Gasteiger partial charge is 0.481 e. The third-order valence-corrected chi connectivity index (χ3v) is 2.40. The Labute approximate surface area is 86.1 Å². The molecule has 0 rings (SSSR count). The lowest BCUT2D eigenvalue weighted by molar-refractivity contribution is -0.137. The number of hydrogen-bond donors (Lipinski definition) is 2. The molecule has 0 unspecified atom stereocenters. The molecule has 0 radical (unpaired) electrons. The lowest BCUT2D eigenvalue weighted by Gasteiger charge is -2.33. The molecule has 0 bridgehead atoms. The Hall–Kier alpha value is -0.570. The number of aliphatic hydroxyl groups excluding tert-OH is 1. The third-order valence-electron chi connectivity index (χ3n) is 2.40. The van der Waals surface area contributed by atoms with Crippen LogP contribution in [0.25, 0.3) is 0 Å². The Morgan fingerprint density at radius 2 is 1.64 bits per heavy atom. The van der Waals surface area contributed by atoms with Gasteiger partial charge in [0.05, 0.1) is 0 Å². The molecule has 0 aliphatic heterocycles. The summed E-state index contributed by atoms with van der Waals surface area (Å²) in [6, 6.07) is 0. The van der Waals surface area contributed by atoms with Gasteiger partial charge in [-0.2, -0.15) is 0 Å². The second-order valence-corrected chi connectivity index (χ2v) is 5.56. The van der Waals surface area contributed by atoms with Gasteiger partial charge in [-0.25, -0.2) is 0 Å². The number of rotatable bonds is 6. The van der Waals surface area contributed by atoms with Crippen LogP contribution < -0.4 is 0 Å². The van der Waals surface area contributed by atoms with Gasteiger partial charge in [0.2, 0.25) is 0 Å². The first-order valence-electron chi connectivity index (χ1n) is 5.01. The fourth-order valence-corrected chi connectivity index (χ4v) is 1.89. The van der Waals surface area contributed by atoms with Gasteiger partial charge < -0.3 is 10.2 Å². The van der Waals surface area contributed by atoms with Crippen LogP contribution in [0, 0.1) is 10.8 Å². The lowest BCUT2D eigenvalue weighted by atomic mass is 9.73. The van der Waals surface area contributed by atoms with Gasteiger partial charge in [-0.1, -0.05) is 27.7 Å².